The average Bonchev–Trinajstić information content (AvgIpc) is 2.45. The zero-order chi connectivity index (χ0) is 15.6. The maximum absolute atomic E-state index is 12.3. The fraction of sp³-hybridized carbons (Fsp3) is 0.286. The van der Waals surface area contributed by atoms with Crippen LogP contribution < -0.4 is 16.2 Å². The number of carboxylic acid groups (broad SMARTS) is 1. The Morgan fingerprint density at radius 2 is 2.14 bits per heavy atom. The molecule has 0 bridgehead atoms. The second kappa shape index (κ2) is 6.19. The molecule has 1 heterocycles. The summed E-state index contributed by atoms with van der Waals surface area (Å²) in [6, 6.07) is 5.45. The Bertz CT molecular complexity index is 740. The number of rotatable bonds is 5. The molecular formula is C14H17N3O3S. The van der Waals surface area contributed by atoms with Gasteiger partial charge in [-0.1, -0.05) is 0 Å². The van der Waals surface area contributed by atoms with Crippen molar-refractivity contribution in [2.24, 2.45) is 5.73 Å². The molecule has 0 atom stereocenters. The third-order valence-electron chi connectivity index (χ3n) is 3.00. The van der Waals surface area contributed by atoms with E-state index in [2.05, 4.69) is 0 Å². The largest absolute Gasteiger partial charge is 0.477 e. The molecule has 0 aliphatic heterocycles. The number of nitrogens with zero attached hydrogens (tertiary/aromatic N) is 2. The van der Waals surface area contributed by atoms with Gasteiger partial charge in [0, 0.05) is 42.9 Å². The molecule has 112 valence electrons. The van der Waals surface area contributed by atoms with Gasteiger partial charge >= 0.3 is 5.97 Å². The highest BCUT2D eigenvalue weighted by Crippen LogP contribution is 2.22. The molecule has 0 saturated heterocycles. The van der Waals surface area contributed by atoms with Crippen molar-refractivity contribution >= 4 is 28.6 Å². The van der Waals surface area contributed by atoms with Crippen LogP contribution >= 0.6 is 11.8 Å². The fourth-order valence-electron chi connectivity index (χ4n) is 2.04. The fourth-order valence-corrected chi connectivity index (χ4v) is 2.76. The highest BCUT2D eigenvalue weighted by Gasteiger charge is 2.15. The number of benzene rings is 1. The average molecular weight is 307 g/mol. The first-order valence-corrected chi connectivity index (χ1v) is 7.37. The summed E-state index contributed by atoms with van der Waals surface area (Å²) < 4.78 is 1.65. The molecule has 1 aromatic heterocycles. The molecular weight excluding hydrogens is 290 g/mol. The van der Waals surface area contributed by atoms with Crippen molar-refractivity contribution in [1.82, 2.24) is 4.68 Å². The Morgan fingerprint density at radius 3 is 2.71 bits per heavy atom. The van der Waals surface area contributed by atoms with E-state index in [1.165, 1.54) is 18.0 Å². The number of aromatic nitrogens is 1. The molecule has 0 unspecified atom stereocenters. The van der Waals surface area contributed by atoms with E-state index in [1.807, 2.05) is 12.1 Å². The van der Waals surface area contributed by atoms with Crippen LogP contribution in [0.15, 0.2) is 34.1 Å². The molecule has 0 radical (unpaired) electrons. The van der Waals surface area contributed by atoms with E-state index in [0.717, 1.165) is 10.6 Å². The minimum Gasteiger partial charge on any atom is -0.477 e. The van der Waals surface area contributed by atoms with Gasteiger partial charge < -0.3 is 15.8 Å². The second-order valence-electron chi connectivity index (χ2n) is 4.68. The van der Waals surface area contributed by atoms with E-state index in [9.17, 15) is 14.7 Å². The van der Waals surface area contributed by atoms with Crippen molar-refractivity contribution in [1.29, 1.82) is 0 Å². The highest BCUT2D eigenvalue weighted by molar-refractivity contribution is 7.99. The molecule has 0 amide bonds. The third-order valence-corrected chi connectivity index (χ3v) is 4.03. The number of aromatic carboxylic acids is 1. The predicted molar refractivity (Wildman–Crippen MR) is 85.0 cm³/mol. The predicted octanol–water partition coefficient (Wildman–Crippen LogP) is 0.948. The molecule has 7 heteroatoms. The van der Waals surface area contributed by atoms with Crippen LogP contribution in [0.5, 0.6) is 0 Å². The van der Waals surface area contributed by atoms with Crippen LogP contribution in [0.4, 0.5) is 0 Å². The van der Waals surface area contributed by atoms with Crippen LogP contribution in [0.25, 0.3) is 10.9 Å². The Hall–Kier alpha value is -1.99. The first-order chi connectivity index (χ1) is 9.95. The second-order valence-corrected chi connectivity index (χ2v) is 5.85. The lowest BCUT2D eigenvalue weighted by Gasteiger charge is -2.20. The minimum atomic E-state index is -1.22. The number of nitrogens with two attached hydrogens (primary N) is 1. The van der Waals surface area contributed by atoms with Gasteiger partial charge in [0.25, 0.3) is 0 Å². The number of pyridine rings is 1. The van der Waals surface area contributed by atoms with Crippen molar-refractivity contribution in [2.75, 3.05) is 31.4 Å². The lowest BCUT2D eigenvalue weighted by atomic mass is 10.1. The molecule has 6 nitrogen and oxygen atoms in total. The molecule has 0 saturated carbocycles. The first-order valence-electron chi connectivity index (χ1n) is 6.39. The quantitative estimate of drug-likeness (QED) is 0.800. The van der Waals surface area contributed by atoms with Crippen LogP contribution in [0, 0.1) is 0 Å². The molecule has 0 aliphatic rings. The molecule has 21 heavy (non-hydrogen) atoms. The number of thioether (sulfide) groups is 1. The Morgan fingerprint density at radius 1 is 1.43 bits per heavy atom. The van der Waals surface area contributed by atoms with Crippen LogP contribution in [0.1, 0.15) is 10.4 Å². The lowest BCUT2D eigenvalue weighted by molar-refractivity contribution is 0.0695. The summed E-state index contributed by atoms with van der Waals surface area (Å²) in [6.07, 6.45) is 1.35. The summed E-state index contributed by atoms with van der Waals surface area (Å²) in [5, 5.41) is 11.3. The van der Waals surface area contributed by atoms with E-state index >= 15 is 0 Å². The SMILES string of the molecule is CN(C)n1cc(C(=O)O)c(=O)c2cc(SCCN)ccc21. The lowest BCUT2D eigenvalue weighted by Crippen LogP contribution is -2.29. The van der Waals surface area contributed by atoms with E-state index in [4.69, 9.17) is 5.73 Å². The molecule has 1 aromatic carbocycles. The van der Waals surface area contributed by atoms with Crippen LogP contribution in [0.2, 0.25) is 0 Å². The summed E-state index contributed by atoms with van der Waals surface area (Å²) in [7, 11) is 3.57. The number of hydrogen-bond acceptors (Lipinski definition) is 5. The molecule has 0 aliphatic carbocycles. The van der Waals surface area contributed by atoms with Gasteiger partial charge in [0.1, 0.15) is 5.56 Å². The maximum atomic E-state index is 12.3. The smallest absolute Gasteiger partial charge is 0.341 e. The van der Waals surface area contributed by atoms with Gasteiger partial charge in [0.05, 0.1) is 5.52 Å². The van der Waals surface area contributed by atoms with E-state index in [1.54, 1.807) is 29.8 Å². The van der Waals surface area contributed by atoms with Gasteiger partial charge in [-0.15, -0.1) is 11.8 Å². The zero-order valence-corrected chi connectivity index (χ0v) is 12.7. The van der Waals surface area contributed by atoms with Crippen molar-refractivity contribution in [3.05, 3.63) is 40.2 Å². The Kier molecular flexibility index (Phi) is 4.54. The van der Waals surface area contributed by atoms with Crippen molar-refractivity contribution < 1.29 is 9.90 Å². The van der Waals surface area contributed by atoms with Crippen molar-refractivity contribution in [3.8, 4) is 0 Å². The number of fused-ring (bicyclic) bond motifs is 1. The van der Waals surface area contributed by atoms with Crippen molar-refractivity contribution in [3.63, 3.8) is 0 Å². The maximum Gasteiger partial charge on any atom is 0.341 e. The summed E-state index contributed by atoms with van der Waals surface area (Å²) in [5.41, 5.74) is 5.44. The Balaban J connectivity index is 2.73. The van der Waals surface area contributed by atoms with Gasteiger partial charge in [-0.05, 0) is 18.2 Å². The van der Waals surface area contributed by atoms with E-state index < -0.39 is 11.4 Å². The van der Waals surface area contributed by atoms with E-state index in [-0.39, 0.29) is 5.56 Å². The molecule has 0 fully saturated rings. The molecule has 3 N–H and O–H groups in total. The van der Waals surface area contributed by atoms with Crippen LogP contribution in [-0.2, 0) is 0 Å². The van der Waals surface area contributed by atoms with Crippen molar-refractivity contribution in [2.45, 2.75) is 4.90 Å². The van der Waals surface area contributed by atoms with Gasteiger partial charge in [-0.25, -0.2) is 4.79 Å². The summed E-state index contributed by atoms with van der Waals surface area (Å²) in [4.78, 5) is 24.5. The molecule has 2 rings (SSSR count). The molecule has 0 spiro atoms. The number of hydrogen-bond donors (Lipinski definition) is 2. The number of carboxylic acids is 1. The third kappa shape index (κ3) is 3.03. The monoisotopic (exact) mass is 307 g/mol. The number of carbonyl (C=O) groups is 1. The Labute approximate surface area is 126 Å². The van der Waals surface area contributed by atoms with E-state index in [0.29, 0.717) is 17.4 Å². The van der Waals surface area contributed by atoms with Crippen LogP contribution in [-0.4, -0.2) is 42.1 Å². The van der Waals surface area contributed by atoms with Gasteiger partial charge in [-0.2, -0.15) is 0 Å². The normalized spacial score (nSPS) is 10.8. The minimum absolute atomic E-state index is 0.239. The first kappa shape index (κ1) is 15.4. The summed E-state index contributed by atoms with van der Waals surface area (Å²) in [5.74, 6) is -0.482. The zero-order valence-electron chi connectivity index (χ0n) is 11.9. The van der Waals surface area contributed by atoms with Gasteiger partial charge in [0.15, 0.2) is 0 Å². The topological polar surface area (TPSA) is 88.6 Å². The highest BCUT2D eigenvalue weighted by atomic mass is 32.2. The van der Waals surface area contributed by atoms with Crippen LogP contribution in [0.3, 0.4) is 0 Å². The summed E-state index contributed by atoms with van der Waals surface area (Å²) >= 11 is 1.54. The standard InChI is InChI=1S/C14H17N3O3S/c1-16(2)17-8-11(14(19)20)13(18)10-7-9(21-6-5-15)3-4-12(10)17/h3-4,7-8H,5-6,15H2,1-2H3,(H,19,20). The molecule has 2 aromatic rings. The van der Waals surface area contributed by atoms with Gasteiger partial charge in [-0.3, -0.25) is 9.47 Å². The van der Waals surface area contributed by atoms with Gasteiger partial charge in [0.2, 0.25) is 5.43 Å². The summed E-state index contributed by atoms with van der Waals surface area (Å²) in [6.45, 7) is 0.541.